The van der Waals surface area contributed by atoms with E-state index in [4.69, 9.17) is 0 Å². The SMILES string of the molecule is O=C(c1c(O)ccc2ccccc12)N1CCC[C@@H](c2nccn2CC2CC2)C1. The molecule has 1 aliphatic heterocycles. The van der Waals surface area contributed by atoms with Gasteiger partial charge in [-0.15, -0.1) is 0 Å². The number of carbonyl (C=O) groups is 1. The molecule has 2 heterocycles. The molecule has 3 aromatic rings. The van der Waals surface area contributed by atoms with E-state index in [9.17, 15) is 9.90 Å². The molecule has 2 aliphatic rings. The number of fused-ring (bicyclic) bond motifs is 1. The molecular formula is C23H25N3O2. The molecule has 0 radical (unpaired) electrons. The second-order valence-corrected chi connectivity index (χ2v) is 8.15. The second-order valence-electron chi connectivity index (χ2n) is 8.15. The smallest absolute Gasteiger partial charge is 0.258 e. The number of piperidine rings is 1. The molecule has 1 atom stereocenters. The van der Waals surface area contributed by atoms with Gasteiger partial charge in [-0.3, -0.25) is 4.79 Å². The maximum atomic E-state index is 13.4. The lowest BCUT2D eigenvalue weighted by Gasteiger charge is -2.33. The number of likely N-dealkylation sites (tertiary alicyclic amines) is 1. The van der Waals surface area contributed by atoms with Crippen molar-refractivity contribution in [3.63, 3.8) is 0 Å². The molecule has 1 saturated heterocycles. The van der Waals surface area contributed by atoms with Crippen LogP contribution in [0.25, 0.3) is 10.8 Å². The van der Waals surface area contributed by atoms with E-state index in [2.05, 4.69) is 15.7 Å². The van der Waals surface area contributed by atoms with Crippen molar-refractivity contribution in [3.8, 4) is 5.75 Å². The number of hydrogen-bond donors (Lipinski definition) is 1. The first kappa shape index (κ1) is 17.3. The lowest BCUT2D eigenvalue weighted by Crippen LogP contribution is -2.40. The van der Waals surface area contributed by atoms with E-state index in [0.29, 0.717) is 12.1 Å². The lowest BCUT2D eigenvalue weighted by molar-refractivity contribution is 0.0702. The Balaban J connectivity index is 1.42. The number of phenols is 1. The highest BCUT2D eigenvalue weighted by molar-refractivity contribution is 6.09. The summed E-state index contributed by atoms with van der Waals surface area (Å²) in [4.78, 5) is 19.9. The minimum absolute atomic E-state index is 0.0565. The molecule has 5 rings (SSSR count). The summed E-state index contributed by atoms with van der Waals surface area (Å²) in [5, 5.41) is 12.2. The largest absolute Gasteiger partial charge is 0.507 e. The number of aromatic hydroxyl groups is 1. The van der Waals surface area contributed by atoms with E-state index >= 15 is 0 Å². The first-order valence-electron chi connectivity index (χ1n) is 10.2. The number of rotatable bonds is 4. The Morgan fingerprint density at radius 3 is 2.86 bits per heavy atom. The Morgan fingerprint density at radius 2 is 2.00 bits per heavy atom. The predicted molar refractivity (Wildman–Crippen MR) is 108 cm³/mol. The second kappa shape index (κ2) is 6.97. The quantitative estimate of drug-likeness (QED) is 0.744. The van der Waals surface area contributed by atoms with Gasteiger partial charge in [-0.2, -0.15) is 0 Å². The minimum Gasteiger partial charge on any atom is -0.507 e. The monoisotopic (exact) mass is 375 g/mol. The zero-order valence-corrected chi connectivity index (χ0v) is 15.9. The lowest BCUT2D eigenvalue weighted by atomic mass is 9.95. The van der Waals surface area contributed by atoms with Crippen LogP contribution in [-0.4, -0.2) is 38.6 Å². The molecule has 144 valence electrons. The van der Waals surface area contributed by atoms with Crippen LogP contribution in [0.1, 0.15) is 47.8 Å². The third-order valence-corrected chi connectivity index (χ3v) is 6.09. The highest BCUT2D eigenvalue weighted by atomic mass is 16.3. The van der Waals surface area contributed by atoms with Crippen LogP contribution < -0.4 is 0 Å². The number of nitrogens with zero attached hydrogens (tertiary/aromatic N) is 3. The minimum atomic E-state index is -0.0840. The summed E-state index contributed by atoms with van der Waals surface area (Å²) in [6.45, 7) is 2.42. The fraction of sp³-hybridized carbons (Fsp3) is 0.391. The fourth-order valence-corrected chi connectivity index (χ4v) is 4.43. The summed E-state index contributed by atoms with van der Waals surface area (Å²) in [6, 6.07) is 11.2. The fourth-order valence-electron chi connectivity index (χ4n) is 4.43. The van der Waals surface area contributed by atoms with Crippen molar-refractivity contribution in [2.75, 3.05) is 13.1 Å². The van der Waals surface area contributed by atoms with Gasteiger partial charge < -0.3 is 14.6 Å². The van der Waals surface area contributed by atoms with Crippen LogP contribution in [0.4, 0.5) is 0 Å². The van der Waals surface area contributed by atoms with Crippen molar-refractivity contribution in [2.45, 2.75) is 38.1 Å². The van der Waals surface area contributed by atoms with Gasteiger partial charge in [-0.25, -0.2) is 4.98 Å². The van der Waals surface area contributed by atoms with Gasteiger partial charge in [0.15, 0.2) is 0 Å². The molecule has 28 heavy (non-hydrogen) atoms. The van der Waals surface area contributed by atoms with Crippen molar-refractivity contribution in [1.82, 2.24) is 14.5 Å². The average Bonchev–Trinajstić information content (AvgIpc) is 3.42. The number of imidazole rings is 1. The average molecular weight is 375 g/mol. The number of benzene rings is 2. The Hall–Kier alpha value is -2.82. The molecule has 0 bridgehead atoms. The molecule has 2 fully saturated rings. The van der Waals surface area contributed by atoms with Crippen LogP contribution in [0.15, 0.2) is 48.8 Å². The van der Waals surface area contributed by atoms with E-state index in [1.165, 1.54) is 12.8 Å². The summed E-state index contributed by atoms with van der Waals surface area (Å²) in [5.74, 6) is 2.12. The Labute approximate surface area is 164 Å². The Morgan fingerprint density at radius 1 is 1.14 bits per heavy atom. The van der Waals surface area contributed by atoms with Gasteiger partial charge in [-0.05, 0) is 48.4 Å². The van der Waals surface area contributed by atoms with Crippen molar-refractivity contribution < 1.29 is 9.90 Å². The molecular weight excluding hydrogens is 350 g/mol. The van der Waals surface area contributed by atoms with Gasteiger partial charge in [0.1, 0.15) is 11.6 Å². The highest BCUT2D eigenvalue weighted by Crippen LogP contribution is 2.34. The van der Waals surface area contributed by atoms with E-state index in [1.54, 1.807) is 6.07 Å². The first-order valence-corrected chi connectivity index (χ1v) is 10.2. The summed E-state index contributed by atoms with van der Waals surface area (Å²) >= 11 is 0. The van der Waals surface area contributed by atoms with Gasteiger partial charge in [0, 0.05) is 37.9 Å². The third-order valence-electron chi connectivity index (χ3n) is 6.09. The molecule has 1 saturated carbocycles. The van der Waals surface area contributed by atoms with Gasteiger partial charge >= 0.3 is 0 Å². The number of aromatic nitrogens is 2. The molecule has 5 nitrogen and oxygen atoms in total. The number of hydrogen-bond acceptors (Lipinski definition) is 3. The van der Waals surface area contributed by atoms with Gasteiger partial charge in [0.25, 0.3) is 5.91 Å². The highest BCUT2D eigenvalue weighted by Gasteiger charge is 2.31. The molecule has 2 aromatic carbocycles. The molecule has 1 aliphatic carbocycles. The predicted octanol–water partition coefficient (Wildman–Crippen LogP) is 4.17. The number of amides is 1. The summed E-state index contributed by atoms with van der Waals surface area (Å²) in [6.07, 6.45) is 8.59. The van der Waals surface area contributed by atoms with Gasteiger partial charge in [0.05, 0.1) is 5.56 Å². The molecule has 1 aromatic heterocycles. The Bertz CT molecular complexity index is 1020. The molecule has 0 spiro atoms. The van der Waals surface area contributed by atoms with Crippen LogP contribution in [0.3, 0.4) is 0 Å². The first-order chi connectivity index (χ1) is 13.7. The van der Waals surface area contributed by atoms with Crippen LogP contribution in [0.5, 0.6) is 5.75 Å². The third kappa shape index (κ3) is 3.15. The van der Waals surface area contributed by atoms with Crippen molar-refractivity contribution in [1.29, 1.82) is 0 Å². The molecule has 0 unspecified atom stereocenters. The normalized spacial score (nSPS) is 19.9. The zero-order valence-electron chi connectivity index (χ0n) is 15.9. The Kier molecular flexibility index (Phi) is 4.30. The van der Waals surface area contributed by atoms with E-state index in [0.717, 1.165) is 48.4 Å². The molecule has 1 amide bonds. The van der Waals surface area contributed by atoms with Crippen LogP contribution in [0.2, 0.25) is 0 Å². The molecule has 1 N–H and O–H groups in total. The standard InChI is InChI=1S/C23H25N3O2/c27-20-10-9-17-4-1-2-6-19(17)21(20)23(28)26-12-3-5-18(15-26)22-24-11-13-25(22)14-16-7-8-16/h1-2,4,6,9-11,13,16,18,27H,3,5,7-8,12,14-15H2/t18-/m1/s1. The van der Waals surface area contributed by atoms with Gasteiger partial charge in [-0.1, -0.05) is 30.3 Å². The van der Waals surface area contributed by atoms with E-state index in [-0.39, 0.29) is 17.6 Å². The van der Waals surface area contributed by atoms with Crippen molar-refractivity contribution in [3.05, 3.63) is 60.2 Å². The van der Waals surface area contributed by atoms with Crippen molar-refractivity contribution >= 4 is 16.7 Å². The summed E-state index contributed by atoms with van der Waals surface area (Å²) < 4.78 is 2.28. The maximum Gasteiger partial charge on any atom is 0.258 e. The summed E-state index contributed by atoms with van der Waals surface area (Å²) in [7, 11) is 0. The van der Waals surface area contributed by atoms with Gasteiger partial charge in [0.2, 0.25) is 0 Å². The van der Waals surface area contributed by atoms with Crippen molar-refractivity contribution in [2.24, 2.45) is 5.92 Å². The van der Waals surface area contributed by atoms with E-state index < -0.39 is 0 Å². The summed E-state index contributed by atoms with van der Waals surface area (Å²) in [5.41, 5.74) is 0.417. The topological polar surface area (TPSA) is 58.4 Å². The molecule has 5 heteroatoms. The van der Waals surface area contributed by atoms with Crippen LogP contribution >= 0.6 is 0 Å². The van der Waals surface area contributed by atoms with Crippen LogP contribution in [-0.2, 0) is 6.54 Å². The maximum absolute atomic E-state index is 13.4. The zero-order chi connectivity index (χ0) is 19.1. The number of carbonyl (C=O) groups excluding carboxylic acids is 1. The number of phenolic OH excluding ortho intramolecular Hbond substituents is 1. The van der Waals surface area contributed by atoms with E-state index in [1.807, 2.05) is 41.4 Å². The van der Waals surface area contributed by atoms with Crippen LogP contribution in [0, 0.1) is 5.92 Å².